The van der Waals surface area contributed by atoms with Crippen molar-refractivity contribution in [3.05, 3.63) is 72.4 Å². The molecule has 1 fully saturated rings. The van der Waals surface area contributed by atoms with Gasteiger partial charge in [-0.25, -0.2) is 4.98 Å². The smallest absolute Gasteiger partial charge is 0.355 e. The summed E-state index contributed by atoms with van der Waals surface area (Å²) < 4.78 is 38.7. The molecule has 1 heterocycles. The number of carbonyl (C=O) groups is 1. The maximum atomic E-state index is 12.9. The molecule has 0 radical (unpaired) electrons. The number of hydrogen-bond donors (Lipinski definition) is 3. The zero-order valence-corrected chi connectivity index (χ0v) is 15.8. The number of nitrogens with one attached hydrogen (secondary N) is 3. The quantitative estimate of drug-likeness (QED) is 0.469. The molecular formula is C22H19F3N4O. The molecule has 3 N–H and O–H groups in total. The molecule has 5 nitrogen and oxygen atoms in total. The van der Waals surface area contributed by atoms with E-state index in [0.29, 0.717) is 22.9 Å². The molecule has 1 aromatic heterocycles. The monoisotopic (exact) mass is 412 g/mol. The first-order valence-electron chi connectivity index (χ1n) is 9.45. The predicted octanol–water partition coefficient (Wildman–Crippen LogP) is 5.94. The van der Waals surface area contributed by atoms with E-state index in [0.717, 1.165) is 30.7 Å². The molecule has 0 saturated heterocycles. The summed E-state index contributed by atoms with van der Waals surface area (Å²) in [5, 5.41) is 9.00. The standard InChI is InChI=1S/C22H19F3N4O/c23-22(24,25)15-3-1-4-16(11-15)28-20-13-19(9-10-26-20)27-17-5-2-6-18(12-17)29-21(30)14-7-8-14/h1-6,9-14H,7-8H2,(H,29,30)(H2,26,27,28). The number of halogens is 3. The van der Waals surface area contributed by atoms with Gasteiger partial charge in [-0.15, -0.1) is 0 Å². The fourth-order valence-corrected chi connectivity index (χ4v) is 2.93. The van der Waals surface area contributed by atoms with E-state index in [4.69, 9.17) is 0 Å². The second kappa shape index (κ2) is 8.06. The molecule has 154 valence electrons. The first-order valence-corrected chi connectivity index (χ1v) is 9.45. The van der Waals surface area contributed by atoms with Crippen LogP contribution < -0.4 is 16.0 Å². The van der Waals surface area contributed by atoms with Crippen molar-refractivity contribution in [1.82, 2.24) is 4.98 Å². The van der Waals surface area contributed by atoms with E-state index in [1.54, 1.807) is 24.4 Å². The average Bonchev–Trinajstić information content (AvgIpc) is 3.54. The van der Waals surface area contributed by atoms with Crippen LogP contribution in [0.4, 0.5) is 41.7 Å². The minimum atomic E-state index is -4.41. The van der Waals surface area contributed by atoms with E-state index >= 15 is 0 Å². The molecule has 0 unspecified atom stereocenters. The van der Waals surface area contributed by atoms with Gasteiger partial charge in [0.1, 0.15) is 5.82 Å². The number of hydrogen-bond acceptors (Lipinski definition) is 4. The van der Waals surface area contributed by atoms with Gasteiger partial charge < -0.3 is 16.0 Å². The van der Waals surface area contributed by atoms with Crippen molar-refractivity contribution < 1.29 is 18.0 Å². The van der Waals surface area contributed by atoms with E-state index in [2.05, 4.69) is 20.9 Å². The van der Waals surface area contributed by atoms with Gasteiger partial charge in [-0.1, -0.05) is 12.1 Å². The first kappa shape index (κ1) is 19.8. The Morgan fingerprint density at radius 3 is 2.27 bits per heavy atom. The van der Waals surface area contributed by atoms with Gasteiger partial charge in [0.25, 0.3) is 0 Å². The third-order valence-corrected chi connectivity index (χ3v) is 4.59. The molecule has 3 aromatic rings. The summed E-state index contributed by atoms with van der Waals surface area (Å²) in [6.07, 6.45) is -0.990. The Labute approximate surface area is 171 Å². The van der Waals surface area contributed by atoms with Crippen LogP contribution in [0, 0.1) is 5.92 Å². The lowest BCUT2D eigenvalue weighted by atomic mass is 10.2. The highest BCUT2D eigenvalue weighted by molar-refractivity contribution is 5.94. The number of alkyl halides is 3. The fourth-order valence-electron chi connectivity index (χ4n) is 2.93. The number of amides is 1. The molecule has 4 rings (SSSR count). The summed E-state index contributed by atoms with van der Waals surface area (Å²) >= 11 is 0. The van der Waals surface area contributed by atoms with Crippen molar-refractivity contribution >= 4 is 34.5 Å². The lowest BCUT2D eigenvalue weighted by Gasteiger charge is -2.12. The van der Waals surface area contributed by atoms with E-state index in [1.807, 2.05) is 24.3 Å². The van der Waals surface area contributed by atoms with Gasteiger partial charge in [0.05, 0.1) is 5.56 Å². The van der Waals surface area contributed by atoms with Crippen LogP contribution in [0.3, 0.4) is 0 Å². The normalized spacial score (nSPS) is 13.6. The molecule has 2 aromatic carbocycles. The molecule has 8 heteroatoms. The third kappa shape index (κ3) is 5.08. The minimum absolute atomic E-state index is 0.0311. The van der Waals surface area contributed by atoms with Crippen LogP contribution in [0.1, 0.15) is 18.4 Å². The molecule has 0 bridgehead atoms. The Kier molecular flexibility index (Phi) is 5.31. The predicted molar refractivity (Wildman–Crippen MR) is 110 cm³/mol. The van der Waals surface area contributed by atoms with Crippen molar-refractivity contribution in [2.75, 3.05) is 16.0 Å². The Bertz CT molecular complexity index is 1060. The van der Waals surface area contributed by atoms with Gasteiger partial charge in [0.15, 0.2) is 0 Å². The summed E-state index contributed by atoms with van der Waals surface area (Å²) in [7, 11) is 0. The van der Waals surface area contributed by atoms with Gasteiger partial charge >= 0.3 is 6.18 Å². The topological polar surface area (TPSA) is 66.0 Å². The lowest BCUT2D eigenvalue weighted by molar-refractivity contribution is -0.137. The fraction of sp³-hybridized carbons (Fsp3) is 0.182. The third-order valence-electron chi connectivity index (χ3n) is 4.59. The summed E-state index contributed by atoms with van der Waals surface area (Å²) in [6, 6.07) is 15.7. The lowest BCUT2D eigenvalue weighted by Crippen LogP contribution is -2.13. The van der Waals surface area contributed by atoms with Crippen LogP contribution >= 0.6 is 0 Å². The molecule has 1 saturated carbocycles. The average molecular weight is 412 g/mol. The van der Waals surface area contributed by atoms with E-state index in [-0.39, 0.29) is 11.8 Å². The highest BCUT2D eigenvalue weighted by Crippen LogP contribution is 2.32. The zero-order valence-electron chi connectivity index (χ0n) is 15.8. The number of nitrogens with zero attached hydrogens (tertiary/aromatic N) is 1. The highest BCUT2D eigenvalue weighted by atomic mass is 19.4. The second-order valence-corrected chi connectivity index (χ2v) is 7.10. The molecule has 1 amide bonds. The number of rotatable bonds is 6. The summed E-state index contributed by atoms with van der Waals surface area (Å²) in [6.45, 7) is 0. The van der Waals surface area contributed by atoms with Crippen LogP contribution in [0.5, 0.6) is 0 Å². The Balaban J connectivity index is 1.46. The van der Waals surface area contributed by atoms with Crippen LogP contribution in [-0.4, -0.2) is 10.9 Å². The van der Waals surface area contributed by atoms with E-state index < -0.39 is 11.7 Å². The molecule has 1 aliphatic carbocycles. The van der Waals surface area contributed by atoms with Gasteiger partial charge in [0, 0.05) is 40.9 Å². The molecular weight excluding hydrogens is 393 g/mol. The SMILES string of the molecule is O=C(Nc1cccc(Nc2ccnc(Nc3cccc(C(F)(F)F)c3)c2)c1)C1CC1. The van der Waals surface area contributed by atoms with Crippen LogP contribution in [0.2, 0.25) is 0 Å². The Morgan fingerprint density at radius 2 is 1.53 bits per heavy atom. The van der Waals surface area contributed by atoms with Crippen LogP contribution in [-0.2, 0) is 11.0 Å². The second-order valence-electron chi connectivity index (χ2n) is 7.10. The number of benzene rings is 2. The van der Waals surface area contributed by atoms with Crippen molar-refractivity contribution in [3.63, 3.8) is 0 Å². The maximum Gasteiger partial charge on any atom is 0.416 e. The zero-order chi connectivity index (χ0) is 21.1. The minimum Gasteiger partial charge on any atom is -0.355 e. The first-order chi connectivity index (χ1) is 14.4. The van der Waals surface area contributed by atoms with Crippen LogP contribution in [0.15, 0.2) is 66.9 Å². The number of pyridine rings is 1. The molecule has 30 heavy (non-hydrogen) atoms. The van der Waals surface area contributed by atoms with Gasteiger partial charge in [-0.2, -0.15) is 13.2 Å². The summed E-state index contributed by atoms with van der Waals surface area (Å²) in [4.78, 5) is 16.1. The van der Waals surface area contributed by atoms with Gasteiger partial charge in [-0.3, -0.25) is 4.79 Å². The number of anilines is 5. The molecule has 0 spiro atoms. The van der Waals surface area contributed by atoms with E-state index in [9.17, 15) is 18.0 Å². The van der Waals surface area contributed by atoms with Crippen molar-refractivity contribution in [2.45, 2.75) is 19.0 Å². The van der Waals surface area contributed by atoms with Crippen molar-refractivity contribution in [1.29, 1.82) is 0 Å². The largest absolute Gasteiger partial charge is 0.416 e. The summed E-state index contributed by atoms with van der Waals surface area (Å²) in [5.41, 5.74) is 1.73. The number of carbonyl (C=O) groups excluding carboxylic acids is 1. The molecule has 1 aliphatic rings. The van der Waals surface area contributed by atoms with Gasteiger partial charge in [-0.05, 0) is 55.3 Å². The summed E-state index contributed by atoms with van der Waals surface area (Å²) in [5.74, 6) is 0.549. The highest BCUT2D eigenvalue weighted by Gasteiger charge is 2.30. The molecule has 0 atom stereocenters. The van der Waals surface area contributed by atoms with Crippen molar-refractivity contribution in [2.24, 2.45) is 5.92 Å². The van der Waals surface area contributed by atoms with Gasteiger partial charge in [0.2, 0.25) is 5.91 Å². The maximum absolute atomic E-state index is 12.9. The Hall–Kier alpha value is -3.55. The number of aromatic nitrogens is 1. The Morgan fingerprint density at radius 1 is 0.867 bits per heavy atom. The van der Waals surface area contributed by atoms with Crippen molar-refractivity contribution in [3.8, 4) is 0 Å². The molecule has 0 aliphatic heterocycles. The van der Waals surface area contributed by atoms with Crippen LogP contribution in [0.25, 0.3) is 0 Å². The van der Waals surface area contributed by atoms with E-state index in [1.165, 1.54) is 6.07 Å².